The van der Waals surface area contributed by atoms with Crippen molar-refractivity contribution in [1.29, 1.82) is 0 Å². The second-order valence-corrected chi connectivity index (χ2v) is 8.72. The van der Waals surface area contributed by atoms with Crippen LogP contribution in [0.5, 0.6) is 5.75 Å². The number of amides is 1. The van der Waals surface area contributed by atoms with Gasteiger partial charge >= 0.3 is 5.97 Å². The van der Waals surface area contributed by atoms with E-state index in [-0.39, 0.29) is 37.2 Å². The summed E-state index contributed by atoms with van der Waals surface area (Å²) in [6, 6.07) is 12.5. The summed E-state index contributed by atoms with van der Waals surface area (Å²) in [6.07, 6.45) is -1.02. The van der Waals surface area contributed by atoms with Crippen molar-refractivity contribution in [2.45, 2.75) is 46.1 Å². The number of hydrogen-bond acceptors (Lipinski definition) is 4. The number of carbonyl (C=O) groups excluding carboxylic acids is 2. The van der Waals surface area contributed by atoms with Gasteiger partial charge in [-0.15, -0.1) is 0 Å². The van der Waals surface area contributed by atoms with E-state index in [2.05, 4.69) is 6.92 Å². The molecule has 3 aromatic carbocycles. The minimum Gasteiger partial charge on any atom is -0.486 e. The molecule has 8 heteroatoms. The van der Waals surface area contributed by atoms with E-state index in [4.69, 9.17) is 21.1 Å². The van der Waals surface area contributed by atoms with Crippen LogP contribution in [-0.4, -0.2) is 31.5 Å². The van der Waals surface area contributed by atoms with Crippen LogP contribution in [0.15, 0.2) is 42.5 Å². The topological polar surface area (TPSA) is 55.8 Å². The van der Waals surface area contributed by atoms with Gasteiger partial charge in [-0.25, -0.2) is 8.78 Å². The third-order valence-corrected chi connectivity index (χ3v) is 6.28. The molecule has 35 heavy (non-hydrogen) atoms. The van der Waals surface area contributed by atoms with E-state index in [1.807, 2.05) is 12.1 Å². The number of hydrogen-bond donors (Lipinski definition) is 0. The summed E-state index contributed by atoms with van der Waals surface area (Å²) in [4.78, 5) is 27.1. The molecule has 0 bridgehead atoms. The highest BCUT2D eigenvalue weighted by Gasteiger charge is 2.36. The Hall–Kier alpha value is -3.19. The molecule has 1 aliphatic heterocycles. The molecule has 1 amide bonds. The molecule has 0 fully saturated rings. The Morgan fingerprint density at radius 1 is 1.14 bits per heavy atom. The van der Waals surface area contributed by atoms with Gasteiger partial charge in [0.25, 0.3) is 12.3 Å². The Bertz CT molecular complexity index is 1280. The van der Waals surface area contributed by atoms with Gasteiger partial charge in [-0.3, -0.25) is 9.59 Å². The third kappa shape index (κ3) is 4.96. The van der Waals surface area contributed by atoms with Crippen molar-refractivity contribution in [3.8, 4) is 5.75 Å². The van der Waals surface area contributed by atoms with Gasteiger partial charge in [-0.2, -0.15) is 0 Å². The van der Waals surface area contributed by atoms with E-state index in [0.717, 1.165) is 29.4 Å². The quantitative estimate of drug-likeness (QED) is 0.320. The summed E-state index contributed by atoms with van der Waals surface area (Å²) in [7, 11) is 0. The van der Waals surface area contributed by atoms with Crippen molar-refractivity contribution in [3.63, 3.8) is 0 Å². The molecule has 1 heterocycles. The molecule has 0 saturated carbocycles. The van der Waals surface area contributed by atoms with Gasteiger partial charge in [0.05, 0.1) is 35.8 Å². The molecule has 5 nitrogen and oxygen atoms in total. The number of rotatable bonds is 9. The number of alkyl halides is 2. The lowest BCUT2D eigenvalue weighted by Gasteiger charge is -2.18. The molecular weight excluding hydrogens is 476 g/mol. The fraction of sp³-hybridized carbons (Fsp3) is 0.333. The van der Waals surface area contributed by atoms with E-state index in [9.17, 15) is 18.4 Å². The van der Waals surface area contributed by atoms with Gasteiger partial charge in [0.2, 0.25) is 0 Å². The average molecular weight is 502 g/mol. The molecule has 0 unspecified atom stereocenters. The van der Waals surface area contributed by atoms with Crippen molar-refractivity contribution >= 4 is 39.9 Å². The molecule has 4 rings (SSSR count). The van der Waals surface area contributed by atoms with E-state index >= 15 is 0 Å². The fourth-order valence-corrected chi connectivity index (χ4v) is 4.88. The van der Waals surface area contributed by atoms with Crippen LogP contribution in [0.3, 0.4) is 0 Å². The zero-order chi connectivity index (χ0) is 25.1. The maximum atomic E-state index is 13.7. The van der Waals surface area contributed by atoms with Gasteiger partial charge in [0.15, 0.2) is 0 Å². The molecule has 3 aromatic rings. The van der Waals surface area contributed by atoms with Gasteiger partial charge in [0.1, 0.15) is 12.4 Å². The molecule has 0 aromatic heterocycles. The molecule has 0 atom stereocenters. The number of esters is 1. The van der Waals surface area contributed by atoms with E-state index in [1.165, 1.54) is 4.90 Å². The fourth-order valence-electron chi connectivity index (χ4n) is 4.58. The van der Waals surface area contributed by atoms with Crippen LogP contribution < -0.4 is 9.64 Å². The van der Waals surface area contributed by atoms with Crippen molar-refractivity contribution in [2.75, 3.05) is 18.1 Å². The van der Waals surface area contributed by atoms with Crippen LogP contribution in [0.1, 0.15) is 47.3 Å². The van der Waals surface area contributed by atoms with E-state index < -0.39 is 13.0 Å². The summed E-state index contributed by atoms with van der Waals surface area (Å²) < 4.78 is 36.7. The highest BCUT2D eigenvalue weighted by atomic mass is 35.5. The molecule has 0 aliphatic carbocycles. The van der Waals surface area contributed by atoms with Crippen LogP contribution in [0.2, 0.25) is 5.02 Å². The molecular formula is C27H26ClF2NO4. The van der Waals surface area contributed by atoms with Gasteiger partial charge in [0, 0.05) is 5.39 Å². The summed E-state index contributed by atoms with van der Waals surface area (Å²) in [6.45, 7) is 3.52. The number of carbonyl (C=O) groups is 2. The van der Waals surface area contributed by atoms with E-state index in [1.54, 1.807) is 37.3 Å². The minimum absolute atomic E-state index is 0.0691. The number of benzene rings is 3. The first-order valence-corrected chi connectivity index (χ1v) is 12.0. The zero-order valence-electron chi connectivity index (χ0n) is 19.6. The van der Waals surface area contributed by atoms with Gasteiger partial charge in [-0.05, 0) is 47.6 Å². The number of aryl methyl sites for hydroxylation is 1. The van der Waals surface area contributed by atoms with E-state index in [0.29, 0.717) is 27.2 Å². The standard InChI is InChI=1S/C27H26ClF2NO4/c1-3-7-17-18-8-5-6-9-19(18)26(35-15-23(29)30)25-20(17)14-31(27(25)33)22-11-10-16(12-21(22)28)13-24(32)34-4-2/h5-6,8-12,23H,3-4,7,13-15H2,1-2H3. The molecule has 0 N–H and O–H groups in total. The Morgan fingerprint density at radius 3 is 2.54 bits per heavy atom. The Labute approximate surface area is 207 Å². The monoisotopic (exact) mass is 501 g/mol. The second-order valence-electron chi connectivity index (χ2n) is 8.32. The molecule has 184 valence electrons. The van der Waals surface area contributed by atoms with Crippen LogP contribution in [-0.2, 0) is 28.9 Å². The normalized spacial score (nSPS) is 13.0. The summed E-state index contributed by atoms with van der Waals surface area (Å²) in [5, 5.41) is 1.84. The number of halogens is 3. The Balaban J connectivity index is 1.78. The van der Waals surface area contributed by atoms with Crippen LogP contribution >= 0.6 is 11.6 Å². The lowest BCUT2D eigenvalue weighted by atomic mass is 9.91. The smallest absolute Gasteiger partial charge is 0.310 e. The maximum Gasteiger partial charge on any atom is 0.310 e. The number of fused-ring (bicyclic) bond motifs is 2. The molecule has 0 saturated heterocycles. The van der Waals surface area contributed by atoms with Crippen molar-refractivity contribution in [2.24, 2.45) is 0 Å². The highest BCUT2D eigenvalue weighted by molar-refractivity contribution is 6.34. The zero-order valence-corrected chi connectivity index (χ0v) is 20.3. The third-order valence-electron chi connectivity index (χ3n) is 5.98. The summed E-state index contributed by atoms with van der Waals surface area (Å²) >= 11 is 6.55. The lowest BCUT2D eigenvalue weighted by Crippen LogP contribution is -2.24. The average Bonchev–Trinajstić information content (AvgIpc) is 3.15. The first kappa shape index (κ1) is 24.9. The number of nitrogens with zero attached hydrogens (tertiary/aromatic N) is 1. The van der Waals surface area contributed by atoms with Gasteiger partial charge < -0.3 is 14.4 Å². The predicted molar refractivity (Wildman–Crippen MR) is 132 cm³/mol. The van der Waals surface area contributed by atoms with Crippen LogP contribution in [0, 0.1) is 0 Å². The maximum absolute atomic E-state index is 13.7. The Kier molecular flexibility index (Phi) is 7.55. The van der Waals surface area contributed by atoms with Crippen molar-refractivity contribution in [1.82, 2.24) is 0 Å². The van der Waals surface area contributed by atoms with Gasteiger partial charge in [-0.1, -0.05) is 55.3 Å². The van der Waals surface area contributed by atoms with Crippen molar-refractivity contribution < 1.29 is 27.8 Å². The SMILES string of the molecule is CCCc1c2c(c(OCC(F)F)c3ccccc13)C(=O)N(c1ccc(CC(=O)OCC)cc1Cl)C2. The lowest BCUT2D eigenvalue weighted by molar-refractivity contribution is -0.142. The second kappa shape index (κ2) is 10.6. The first-order valence-electron chi connectivity index (χ1n) is 11.6. The van der Waals surface area contributed by atoms with Crippen LogP contribution in [0.25, 0.3) is 10.8 Å². The number of anilines is 1. The minimum atomic E-state index is -2.67. The first-order chi connectivity index (χ1) is 16.8. The number of ether oxygens (including phenoxy) is 2. The molecule has 0 radical (unpaired) electrons. The Morgan fingerprint density at radius 2 is 1.89 bits per heavy atom. The summed E-state index contributed by atoms with van der Waals surface area (Å²) in [5.74, 6) is -0.539. The highest BCUT2D eigenvalue weighted by Crippen LogP contribution is 2.44. The van der Waals surface area contributed by atoms with Crippen LogP contribution in [0.4, 0.5) is 14.5 Å². The predicted octanol–water partition coefficient (Wildman–Crippen LogP) is 6.36. The van der Waals surface area contributed by atoms with Crippen molar-refractivity contribution in [3.05, 3.63) is 69.7 Å². The summed E-state index contributed by atoms with van der Waals surface area (Å²) in [5.41, 5.74) is 3.23. The molecule has 0 spiro atoms. The largest absolute Gasteiger partial charge is 0.486 e. The molecule has 1 aliphatic rings.